The normalized spacial score (nSPS) is 22.6. The van der Waals surface area contributed by atoms with E-state index in [1.165, 1.54) is 10.5 Å². The van der Waals surface area contributed by atoms with Gasteiger partial charge in [0.2, 0.25) is 0 Å². The predicted octanol–water partition coefficient (Wildman–Crippen LogP) is 3.90. The third kappa shape index (κ3) is 1.50. The van der Waals surface area contributed by atoms with Crippen LogP contribution in [0.15, 0.2) is 59.5 Å². The van der Waals surface area contributed by atoms with Crippen molar-refractivity contribution in [2.75, 3.05) is 0 Å². The third-order valence-electron chi connectivity index (χ3n) is 2.82. The van der Waals surface area contributed by atoms with E-state index in [4.69, 9.17) is 5.32 Å². The van der Waals surface area contributed by atoms with Crippen molar-refractivity contribution in [2.45, 2.75) is 16.7 Å². The minimum Gasteiger partial charge on any atom is -0.262 e. The van der Waals surface area contributed by atoms with Gasteiger partial charge < -0.3 is 0 Å². The molecule has 0 spiro atoms. The molecule has 0 saturated carbocycles. The molecule has 2 aromatic carbocycles. The van der Waals surface area contributed by atoms with Gasteiger partial charge >= 0.3 is 0 Å². The van der Waals surface area contributed by atoms with E-state index in [2.05, 4.69) is 49.4 Å². The van der Waals surface area contributed by atoms with Gasteiger partial charge in [-0.25, -0.2) is 0 Å². The Labute approximate surface area is 99.9 Å². The predicted molar refractivity (Wildman–Crippen MR) is 67.9 cm³/mol. The summed E-state index contributed by atoms with van der Waals surface area (Å²) in [6.45, 7) is 2.17. The van der Waals surface area contributed by atoms with Crippen LogP contribution >= 0.6 is 11.8 Å². The number of thioether (sulfide) groups is 1. The van der Waals surface area contributed by atoms with Crippen LogP contribution in [0, 0.1) is 0 Å². The largest absolute Gasteiger partial charge is 0.262 e. The molecule has 16 heavy (non-hydrogen) atoms. The fraction of sp³-hybridized carbons (Fsp3) is 0.143. The second kappa shape index (κ2) is 3.56. The average molecular weight is 226 g/mol. The van der Waals surface area contributed by atoms with E-state index in [1.54, 1.807) is 0 Å². The van der Waals surface area contributed by atoms with Crippen LogP contribution < -0.4 is 5.32 Å². The molecule has 1 heterocycles. The molecule has 1 aliphatic heterocycles. The highest BCUT2D eigenvalue weighted by molar-refractivity contribution is 8.00. The van der Waals surface area contributed by atoms with Crippen LogP contribution in [0.5, 0.6) is 0 Å². The fourth-order valence-corrected chi connectivity index (χ4v) is 3.16. The van der Waals surface area contributed by atoms with Gasteiger partial charge in [-0.15, -0.1) is 0 Å². The van der Waals surface area contributed by atoms with Crippen LogP contribution in [0.2, 0.25) is 0 Å². The Balaban J connectivity index is 2.01. The molecule has 1 aliphatic rings. The lowest BCUT2D eigenvalue weighted by molar-refractivity contribution is 0.628. The van der Waals surface area contributed by atoms with Crippen LogP contribution in [0.4, 0.5) is 5.69 Å². The summed E-state index contributed by atoms with van der Waals surface area (Å²) >= 11 is 1.82. The number of fused-ring (bicyclic) bond motifs is 1. The zero-order chi connectivity index (χ0) is 11.0. The van der Waals surface area contributed by atoms with Crippen molar-refractivity contribution in [1.29, 1.82) is 0 Å². The van der Waals surface area contributed by atoms with Crippen molar-refractivity contribution in [2.24, 2.45) is 0 Å². The molecule has 3 rings (SSSR count). The van der Waals surface area contributed by atoms with Gasteiger partial charge in [0, 0.05) is 4.90 Å². The van der Waals surface area contributed by atoms with E-state index in [0.29, 0.717) is 0 Å². The molecule has 1 nitrogen and oxygen atoms in total. The molecular weight excluding hydrogens is 214 g/mol. The molecule has 0 amide bonds. The average Bonchev–Trinajstić information content (AvgIpc) is 2.68. The summed E-state index contributed by atoms with van der Waals surface area (Å²) in [6.07, 6.45) is 0. The van der Waals surface area contributed by atoms with E-state index in [0.717, 1.165) is 5.69 Å². The molecule has 0 N–H and O–H groups in total. The molecule has 2 aromatic rings. The Bertz CT molecular complexity index is 482. The zero-order valence-electron chi connectivity index (χ0n) is 9.05. The lowest BCUT2D eigenvalue weighted by Gasteiger charge is -2.22. The summed E-state index contributed by atoms with van der Waals surface area (Å²) in [5, 5.41) is 4.82. The van der Waals surface area contributed by atoms with Gasteiger partial charge in [0.05, 0.1) is 5.69 Å². The fourth-order valence-electron chi connectivity index (χ4n) is 1.97. The first kappa shape index (κ1) is 9.79. The first-order chi connectivity index (χ1) is 7.78. The minimum absolute atomic E-state index is 0.162. The summed E-state index contributed by atoms with van der Waals surface area (Å²) in [5.41, 5.74) is 2.37. The maximum Gasteiger partial charge on any atom is 0.133 e. The van der Waals surface area contributed by atoms with Gasteiger partial charge in [-0.05, 0) is 24.6 Å². The number of rotatable bonds is 1. The summed E-state index contributed by atoms with van der Waals surface area (Å²) in [4.78, 5) is 1.11. The van der Waals surface area contributed by atoms with Gasteiger partial charge in [0.15, 0.2) is 0 Å². The highest BCUT2D eigenvalue weighted by atomic mass is 32.2. The van der Waals surface area contributed by atoms with Gasteiger partial charge in [-0.3, -0.25) is 5.32 Å². The highest BCUT2D eigenvalue weighted by Gasteiger charge is 2.36. The van der Waals surface area contributed by atoms with Gasteiger partial charge in [0.1, 0.15) is 4.87 Å². The molecule has 0 aliphatic carbocycles. The third-order valence-corrected chi connectivity index (χ3v) is 4.11. The van der Waals surface area contributed by atoms with Crippen LogP contribution in [-0.4, -0.2) is 0 Å². The van der Waals surface area contributed by atoms with Gasteiger partial charge in [-0.2, -0.15) is 0 Å². The summed E-state index contributed by atoms with van der Waals surface area (Å²) in [6, 6.07) is 18.8. The Morgan fingerprint density at radius 1 is 0.938 bits per heavy atom. The van der Waals surface area contributed by atoms with Crippen LogP contribution in [0.25, 0.3) is 0 Å². The van der Waals surface area contributed by atoms with Crippen molar-refractivity contribution in [1.82, 2.24) is 5.32 Å². The van der Waals surface area contributed by atoms with E-state index >= 15 is 0 Å². The first-order valence-corrected chi connectivity index (χ1v) is 6.16. The van der Waals surface area contributed by atoms with Crippen molar-refractivity contribution in [3.8, 4) is 0 Å². The van der Waals surface area contributed by atoms with Crippen molar-refractivity contribution >= 4 is 17.4 Å². The molecule has 79 valence electrons. The van der Waals surface area contributed by atoms with Gasteiger partial charge in [0.25, 0.3) is 0 Å². The summed E-state index contributed by atoms with van der Waals surface area (Å²) in [5.74, 6) is 0. The minimum atomic E-state index is -0.162. The van der Waals surface area contributed by atoms with Crippen LogP contribution in [0.1, 0.15) is 12.5 Å². The van der Waals surface area contributed by atoms with Crippen molar-refractivity contribution < 1.29 is 0 Å². The quantitative estimate of drug-likeness (QED) is 0.719. The van der Waals surface area contributed by atoms with Crippen molar-refractivity contribution in [3.63, 3.8) is 0 Å². The molecule has 1 atom stereocenters. The monoisotopic (exact) mass is 226 g/mol. The topological polar surface area (TPSA) is 14.1 Å². The second-order valence-electron chi connectivity index (χ2n) is 4.03. The molecule has 0 fully saturated rings. The highest BCUT2D eigenvalue weighted by Crippen LogP contribution is 2.50. The molecule has 2 heteroatoms. The van der Waals surface area contributed by atoms with E-state index in [1.807, 2.05) is 23.9 Å². The lowest BCUT2D eigenvalue weighted by atomic mass is 10.1. The lowest BCUT2D eigenvalue weighted by Crippen LogP contribution is -2.22. The number of hydrogen-bond donors (Lipinski definition) is 0. The Kier molecular flexibility index (Phi) is 2.18. The molecule has 0 bridgehead atoms. The molecule has 1 radical (unpaired) electrons. The van der Waals surface area contributed by atoms with Crippen LogP contribution in [-0.2, 0) is 4.87 Å². The zero-order valence-corrected chi connectivity index (χ0v) is 9.87. The Morgan fingerprint density at radius 2 is 1.62 bits per heavy atom. The standard InChI is InChI=1S/C14H12NS/c1-14(11-7-3-2-4-8-11)15-12-9-5-6-10-13(12)16-14/h2-10H,1H3/t14-/m0/s1. The second-order valence-corrected chi connectivity index (χ2v) is 5.47. The Hall–Kier alpha value is -1.41. The molecule has 0 saturated heterocycles. The molecule has 0 aromatic heterocycles. The smallest absolute Gasteiger partial charge is 0.133 e. The number of benzene rings is 2. The van der Waals surface area contributed by atoms with Crippen LogP contribution in [0.3, 0.4) is 0 Å². The Morgan fingerprint density at radius 3 is 2.38 bits per heavy atom. The summed E-state index contributed by atoms with van der Waals surface area (Å²) in [7, 11) is 0. The molecular formula is C14H12NS. The van der Waals surface area contributed by atoms with E-state index in [9.17, 15) is 0 Å². The number of para-hydroxylation sites is 1. The first-order valence-electron chi connectivity index (χ1n) is 5.34. The number of hydrogen-bond acceptors (Lipinski definition) is 1. The maximum atomic E-state index is 4.82. The van der Waals surface area contributed by atoms with E-state index < -0.39 is 0 Å². The SMILES string of the molecule is C[C@]1(c2ccccc2)[N]c2ccccc2S1. The van der Waals surface area contributed by atoms with E-state index in [-0.39, 0.29) is 4.87 Å². The maximum absolute atomic E-state index is 4.82. The molecule has 0 unspecified atom stereocenters. The number of nitrogens with zero attached hydrogens (tertiary/aromatic N) is 1. The van der Waals surface area contributed by atoms with Gasteiger partial charge in [-0.1, -0.05) is 54.2 Å². The summed E-state index contributed by atoms with van der Waals surface area (Å²) < 4.78 is 0. The van der Waals surface area contributed by atoms with Crippen molar-refractivity contribution in [3.05, 3.63) is 60.2 Å².